The van der Waals surface area contributed by atoms with E-state index in [2.05, 4.69) is 33.3 Å². The molecule has 1 aliphatic heterocycles. The molecule has 3 aromatic carbocycles. The summed E-state index contributed by atoms with van der Waals surface area (Å²) in [4.78, 5) is 2.10. The first-order valence-electron chi connectivity index (χ1n) is 9.32. The fraction of sp³-hybridized carbons (Fsp3) is 0.0870. The number of hydrogen-bond acceptors (Lipinski definition) is 5. The van der Waals surface area contributed by atoms with Crippen LogP contribution in [0.1, 0.15) is 11.3 Å². The molecule has 6 heteroatoms. The van der Waals surface area contributed by atoms with Crippen molar-refractivity contribution < 1.29 is 9.47 Å². The fourth-order valence-electron chi connectivity index (χ4n) is 3.44. The van der Waals surface area contributed by atoms with Gasteiger partial charge in [0.15, 0.2) is 11.5 Å². The van der Waals surface area contributed by atoms with E-state index in [1.165, 1.54) is 0 Å². The van der Waals surface area contributed by atoms with Gasteiger partial charge in [-0.2, -0.15) is 5.10 Å². The van der Waals surface area contributed by atoms with Crippen LogP contribution >= 0.6 is 0 Å². The van der Waals surface area contributed by atoms with Crippen molar-refractivity contribution in [1.82, 2.24) is 10.2 Å². The predicted octanol–water partition coefficient (Wildman–Crippen LogP) is 4.81. The third-order valence-electron chi connectivity index (χ3n) is 5.05. The first-order valence-corrected chi connectivity index (χ1v) is 9.32. The maximum atomic E-state index is 5.91. The van der Waals surface area contributed by atoms with Gasteiger partial charge in [0, 0.05) is 29.5 Å². The highest BCUT2D eigenvalue weighted by atomic mass is 16.7. The molecule has 3 N–H and O–H groups in total. The number of H-pyrrole nitrogens is 1. The third-order valence-corrected chi connectivity index (χ3v) is 5.05. The highest BCUT2D eigenvalue weighted by Crippen LogP contribution is 2.33. The second-order valence-corrected chi connectivity index (χ2v) is 6.94. The lowest BCUT2D eigenvalue weighted by Crippen LogP contribution is -2.09. The van der Waals surface area contributed by atoms with Crippen molar-refractivity contribution in [1.29, 1.82) is 0 Å². The highest BCUT2D eigenvalue weighted by Gasteiger charge is 2.12. The number of rotatable bonds is 4. The maximum absolute atomic E-state index is 5.91. The molecule has 0 aliphatic carbocycles. The van der Waals surface area contributed by atoms with Gasteiger partial charge in [-0.3, -0.25) is 5.10 Å². The smallest absolute Gasteiger partial charge is 0.231 e. The third kappa shape index (κ3) is 3.25. The minimum Gasteiger partial charge on any atom is -0.454 e. The van der Waals surface area contributed by atoms with Gasteiger partial charge in [-0.15, -0.1) is 0 Å². The molecule has 1 aliphatic rings. The predicted molar refractivity (Wildman–Crippen MR) is 117 cm³/mol. The van der Waals surface area contributed by atoms with Crippen molar-refractivity contribution in [2.45, 2.75) is 0 Å². The molecule has 4 aromatic rings. The van der Waals surface area contributed by atoms with Crippen molar-refractivity contribution >= 4 is 40.1 Å². The van der Waals surface area contributed by atoms with Crippen molar-refractivity contribution in [3.8, 4) is 11.5 Å². The number of benzene rings is 3. The Bertz CT molecular complexity index is 1230. The molecule has 0 saturated carbocycles. The van der Waals surface area contributed by atoms with E-state index in [9.17, 15) is 0 Å². The minimum absolute atomic E-state index is 0.277. The molecular weight excluding hydrogens is 364 g/mol. The summed E-state index contributed by atoms with van der Waals surface area (Å²) in [6.07, 6.45) is 4.02. The number of nitrogens with one attached hydrogen (secondary N) is 1. The van der Waals surface area contributed by atoms with Crippen molar-refractivity contribution in [2.75, 3.05) is 24.5 Å². The molecule has 5 rings (SSSR count). The van der Waals surface area contributed by atoms with Gasteiger partial charge >= 0.3 is 0 Å². The molecule has 0 radical (unpaired) electrons. The average Bonchev–Trinajstić information content (AvgIpc) is 3.37. The van der Waals surface area contributed by atoms with Crippen LogP contribution in [0.4, 0.5) is 17.1 Å². The van der Waals surface area contributed by atoms with Crippen molar-refractivity contribution in [3.63, 3.8) is 0 Å². The largest absolute Gasteiger partial charge is 0.454 e. The van der Waals surface area contributed by atoms with Crippen LogP contribution in [0.25, 0.3) is 23.1 Å². The Hall–Kier alpha value is -3.93. The van der Waals surface area contributed by atoms with Gasteiger partial charge in [0.05, 0.1) is 11.2 Å². The second-order valence-electron chi connectivity index (χ2n) is 6.94. The summed E-state index contributed by atoms with van der Waals surface area (Å²) >= 11 is 0. The minimum atomic E-state index is 0.277. The first-order chi connectivity index (χ1) is 14.2. The van der Waals surface area contributed by atoms with Gasteiger partial charge in [-0.1, -0.05) is 18.2 Å². The Morgan fingerprint density at radius 3 is 2.72 bits per heavy atom. The van der Waals surface area contributed by atoms with Gasteiger partial charge in [0.2, 0.25) is 6.79 Å². The van der Waals surface area contributed by atoms with E-state index in [4.69, 9.17) is 15.2 Å². The number of aromatic amines is 1. The molecular formula is C23H20N4O2. The van der Waals surface area contributed by atoms with Gasteiger partial charge in [-0.25, -0.2) is 0 Å². The fourth-order valence-corrected chi connectivity index (χ4v) is 3.44. The molecule has 0 amide bonds. The van der Waals surface area contributed by atoms with Gasteiger partial charge < -0.3 is 20.1 Å². The Labute approximate surface area is 168 Å². The second kappa shape index (κ2) is 6.91. The molecule has 0 bridgehead atoms. The summed E-state index contributed by atoms with van der Waals surface area (Å²) in [5, 5.41) is 8.65. The number of aromatic nitrogens is 2. The molecule has 6 nitrogen and oxygen atoms in total. The molecule has 0 atom stereocenters. The Balaban J connectivity index is 1.42. The van der Waals surface area contributed by atoms with E-state index in [0.29, 0.717) is 0 Å². The van der Waals surface area contributed by atoms with E-state index in [1.807, 2.05) is 61.7 Å². The molecule has 0 saturated heterocycles. The lowest BCUT2D eigenvalue weighted by atomic mass is 10.1. The Morgan fingerprint density at radius 1 is 0.966 bits per heavy atom. The molecule has 0 unspecified atom stereocenters. The normalized spacial score (nSPS) is 12.7. The van der Waals surface area contributed by atoms with Crippen LogP contribution in [-0.2, 0) is 0 Å². The number of ether oxygens (including phenoxy) is 2. The quantitative estimate of drug-likeness (QED) is 0.494. The van der Waals surface area contributed by atoms with Crippen LogP contribution in [-0.4, -0.2) is 24.0 Å². The summed E-state index contributed by atoms with van der Waals surface area (Å²) < 4.78 is 10.8. The number of anilines is 3. The molecule has 2 heterocycles. The zero-order valence-corrected chi connectivity index (χ0v) is 15.9. The monoisotopic (exact) mass is 384 g/mol. The zero-order chi connectivity index (χ0) is 19.8. The first kappa shape index (κ1) is 17.2. The lowest BCUT2D eigenvalue weighted by Gasteiger charge is -2.19. The average molecular weight is 384 g/mol. The molecule has 1 aromatic heterocycles. The van der Waals surface area contributed by atoms with Gasteiger partial charge in [0.1, 0.15) is 0 Å². The molecule has 144 valence electrons. The zero-order valence-electron chi connectivity index (χ0n) is 15.9. The number of nitrogen functional groups attached to an aromatic ring is 1. The van der Waals surface area contributed by atoms with E-state index < -0.39 is 0 Å². The SMILES string of the molecule is CN(c1cccc(N)c1)c1ccc2c(C=Cc3ccc4c(c3)OCO4)n[nH]c2c1. The number of nitrogens with two attached hydrogens (primary N) is 1. The van der Waals surface area contributed by atoms with Crippen molar-refractivity contribution in [2.24, 2.45) is 0 Å². The van der Waals surface area contributed by atoms with Crippen LogP contribution < -0.4 is 20.1 Å². The number of nitrogens with zero attached hydrogens (tertiary/aromatic N) is 2. The molecule has 0 fully saturated rings. The van der Waals surface area contributed by atoms with Crippen LogP contribution in [0.3, 0.4) is 0 Å². The number of hydrogen-bond donors (Lipinski definition) is 2. The summed E-state index contributed by atoms with van der Waals surface area (Å²) in [5.74, 6) is 1.55. The molecule has 29 heavy (non-hydrogen) atoms. The summed E-state index contributed by atoms with van der Waals surface area (Å²) in [6.45, 7) is 0.277. The van der Waals surface area contributed by atoms with E-state index in [-0.39, 0.29) is 6.79 Å². The standard InChI is InChI=1S/C23H20N4O2/c1-27(17-4-2-3-16(24)12-17)18-7-8-19-20(25-26-21(19)13-18)9-5-15-6-10-22-23(11-15)29-14-28-22/h2-13H,14,24H2,1H3,(H,25,26). The van der Waals surface area contributed by atoms with Crippen LogP contribution in [0.5, 0.6) is 11.5 Å². The topological polar surface area (TPSA) is 76.4 Å². The van der Waals surface area contributed by atoms with Gasteiger partial charge in [0.25, 0.3) is 0 Å². The summed E-state index contributed by atoms with van der Waals surface area (Å²) in [7, 11) is 2.02. The summed E-state index contributed by atoms with van der Waals surface area (Å²) in [6, 6.07) is 20.0. The van der Waals surface area contributed by atoms with Crippen LogP contribution in [0.15, 0.2) is 60.7 Å². The van der Waals surface area contributed by atoms with Crippen molar-refractivity contribution in [3.05, 3.63) is 71.9 Å². The van der Waals surface area contributed by atoms with E-state index in [1.54, 1.807) is 0 Å². The maximum Gasteiger partial charge on any atom is 0.231 e. The van der Waals surface area contributed by atoms with Crippen LogP contribution in [0.2, 0.25) is 0 Å². The molecule has 0 spiro atoms. The van der Waals surface area contributed by atoms with E-state index >= 15 is 0 Å². The van der Waals surface area contributed by atoms with Gasteiger partial charge in [-0.05, 0) is 60.2 Å². The Morgan fingerprint density at radius 2 is 1.83 bits per heavy atom. The lowest BCUT2D eigenvalue weighted by molar-refractivity contribution is 0.174. The summed E-state index contributed by atoms with van der Waals surface area (Å²) in [5.41, 5.74) is 11.6. The Kier molecular flexibility index (Phi) is 4.09. The number of fused-ring (bicyclic) bond motifs is 2. The van der Waals surface area contributed by atoms with E-state index in [0.717, 1.165) is 50.7 Å². The highest BCUT2D eigenvalue weighted by molar-refractivity contribution is 5.92. The van der Waals surface area contributed by atoms with Crippen LogP contribution in [0, 0.1) is 0 Å².